The first-order valence-electron chi connectivity index (χ1n) is 5.74. The number of aliphatic hydroxyl groups is 2. The minimum atomic E-state index is -3.55. The van der Waals surface area contributed by atoms with E-state index in [9.17, 15) is 18.6 Å². The SMILES string of the molecule is CC(C)(O)C[C@@](C)(O)CS(=O)(=O)c1ccccc1. The van der Waals surface area contributed by atoms with Gasteiger partial charge < -0.3 is 10.2 Å². The van der Waals surface area contributed by atoms with Crippen LogP contribution in [-0.2, 0) is 9.84 Å². The van der Waals surface area contributed by atoms with Crippen molar-refractivity contribution in [3.8, 4) is 0 Å². The van der Waals surface area contributed by atoms with Crippen molar-refractivity contribution in [2.24, 2.45) is 0 Å². The van der Waals surface area contributed by atoms with Gasteiger partial charge >= 0.3 is 0 Å². The first kappa shape index (κ1) is 15.1. The predicted molar refractivity (Wildman–Crippen MR) is 70.0 cm³/mol. The molecule has 5 heteroatoms. The van der Waals surface area contributed by atoms with Crippen molar-refractivity contribution in [1.82, 2.24) is 0 Å². The maximum atomic E-state index is 12.1. The van der Waals surface area contributed by atoms with Crippen LogP contribution in [0.1, 0.15) is 27.2 Å². The molecule has 0 saturated heterocycles. The highest BCUT2D eigenvalue weighted by Gasteiger charge is 2.34. The van der Waals surface area contributed by atoms with Crippen LogP contribution in [0.3, 0.4) is 0 Å². The van der Waals surface area contributed by atoms with Crippen molar-refractivity contribution >= 4 is 9.84 Å². The molecule has 1 aromatic carbocycles. The van der Waals surface area contributed by atoms with Crippen molar-refractivity contribution in [2.45, 2.75) is 43.3 Å². The van der Waals surface area contributed by atoms with E-state index in [1.807, 2.05) is 0 Å². The number of hydrogen-bond donors (Lipinski definition) is 2. The van der Waals surface area contributed by atoms with Crippen LogP contribution in [0.15, 0.2) is 35.2 Å². The van der Waals surface area contributed by atoms with Gasteiger partial charge in [-0.3, -0.25) is 0 Å². The molecule has 1 rings (SSSR count). The summed E-state index contributed by atoms with van der Waals surface area (Å²) in [6, 6.07) is 7.99. The van der Waals surface area contributed by atoms with Crippen molar-refractivity contribution in [1.29, 1.82) is 0 Å². The Morgan fingerprint density at radius 1 is 1.06 bits per heavy atom. The molecule has 0 heterocycles. The highest BCUT2D eigenvalue weighted by Crippen LogP contribution is 2.24. The third-order valence-corrected chi connectivity index (χ3v) is 4.41. The van der Waals surface area contributed by atoms with Crippen LogP contribution < -0.4 is 0 Å². The minimum Gasteiger partial charge on any atom is -0.390 e. The summed E-state index contributed by atoms with van der Waals surface area (Å²) in [5, 5.41) is 19.8. The van der Waals surface area contributed by atoms with Crippen LogP contribution in [0, 0.1) is 0 Å². The molecule has 4 nitrogen and oxygen atoms in total. The van der Waals surface area contributed by atoms with E-state index < -0.39 is 26.8 Å². The second-order valence-corrected chi connectivity index (χ2v) is 7.55. The van der Waals surface area contributed by atoms with Crippen LogP contribution in [0.2, 0.25) is 0 Å². The summed E-state index contributed by atoms with van der Waals surface area (Å²) in [6.07, 6.45) is -0.00787. The summed E-state index contributed by atoms with van der Waals surface area (Å²) in [7, 11) is -3.55. The first-order valence-corrected chi connectivity index (χ1v) is 7.40. The molecule has 2 N–H and O–H groups in total. The standard InChI is InChI=1S/C13H20O4S/c1-12(2,14)9-13(3,15)10-18(16,17)11-7-5-4-6-8-11/h4-8,14-15H,9-10H2,1-3H3/t13-/m1/s1. The van der Waals surface area contributed by atoms with Crippen LogP contribution in [-0.4, -0.2) is 35.6 Å². The second-order valence-electron chi connectivity index (χ2n) is 5.56. The number of rotatable bonds is 5. The van der Waals surface area contributed by atoms with Gasteiger partial charge in [0, 0.05) is 6.42 Å². The van der Waals surface area contributed by atoms with Crippen molar-refractivity contribution in [3.05, 3.63) is 30.3 Å². The van der Waals surface area contributed by atoms with Gasteiger partial charge in [0.1, 0.15) is 0 Å². The van der Waals surface area contributed by atoms with E-state index in [-0.39, 0.29) is 11.3 Å². The molecule has 0 saturated carbocycles. The van der Waals surface area contributed by atoms with Gasteiger partial charge in [-0.1, -0.05) is 18.2 Å². The molecule has 0 unspecified atom stereocenters. The van der Waals surface area contributed by atoms with E-state index in [0.29, 0.717) is 0 Å². The van der Waals surface area contributed by atoms with E-state index in [1.165, 1.54) is 32.9 Å². The van der Waals surface area contributed by atoms with Crippen LogP contribution in [0.4, 0.5) is 0 Å². The summed E-state index contributed by atoms with van der Waals surface area (Å²) < 4.78 is 24.2. The lowest BCUT2D eigenvalue weighted by Gasteiger charge is -2.29. The normalized spacial score (nSPS) is 16.3. The Morgan fingerprint density at radius 3 is 2.00 bits per heavy atom. The zero-order chi connectivity index (χ0) is 14.0. The van der Waals surface area contributed by atoms with Gasteiger partial charge in [0.2, 0.25) is 0 Å². The molecule has 0 aliphatic heterocycles. The van der Waals surface area contributed by atoms with Crippen LogP contribution >= 0.6 is 0 Å². The number of benzene rings is 1. The Hall–Kier alpha value is -0.910. The zero-order valence-electron chi connectivity index (χ0n) is 10.9. The summed E-state index contributed by atoms with van der Waals surface area (Å²) in [4.78, 5) is 0.182. The average Bonchev–Trinajstić information content (AvgIpc) is 2.13. The minimum absolute atomic E-state index is 0.00787. The topological polar surface area (TPSA) is 74.6 Å². The Kier molecular flexibility index (Phi) is 4.20. The van der Waals surface area contributed by atoms with Crippen LogP contribution in [0.5, 0.6) is 0 Å². The molecule has 18 heavy (non-hydrogen) atoms. The molecule has 0 bridgehead atoms. The predicted octanol–water partition coefficient (Wildman–Crippen LogP) is 1.37. The molecular weight excluding hydrogens is 252 g/mol. The maximum Gasteiger partial charge on any atom is 0.181 e. The molecule has 1 aromatic rings. The van der Waals surface area contributed by atoms with Crippen molar-refractivity contribution < 1.29 is 18.6 Å². The third-order valence-electron chi connectivity index (χ3n) is 2.42. The number of hydrogen-bond acceptors (Lipinski definition) is 4. The molecule has 0 aliphatic rings. The van der Waals surface area contributed by atoms with Gasteiger partial charge in [-0.15, -0.1) is 0 Å². The summed E-state index contributed by atoms with van der Waals surface area (Å²) in [6.45, 7) is 4.50. The van der Waals surface area contributed by atoms with Crippen molar-refractivity contribution in [3.63, 3.8) is 0 Å². The van der Waals surface area contributed by atoms with Gasteiger partial charge in [0.05, 0.1) is 21.9 Å². The third kappa shape index (κ3) is 4.76. The molecular formula is C13H20O4S. The first-order chi connectivity index (χ1) is 8.02. The van der Waals surface area contributed by atoms with Crippen molar-refractivity contribution in [2.75, 3.05) is 5.75 Å². The smallest absolute Gasteiger partial charge is 0.181 e. The molecule has 0 amide bonds. The van der Waals surface area contributed by atoms with E-state index in [4.69, 9.17) is 0 Å². The maximum absolute atomic E-state index is 12.1. The van der Waals surface area contributed by atoms with E-state index in [0.717, 1.165) is 0 Å². The molecule has 0 aromatic heterocycles. The van der Waals surface area contributed by atoms with Gasteiger partial charge in [0.15, 0.2) is 9.84 Å². The zero-order valence-corrected chi connectivity index (χ0v) is 11.7. The van der Waals surface area contributed by atoms with E-state index >= 15 is 0 Å². The molecule has 1 atom stereocenters. The second kappa shape index (κ2) is 4.99. The molecule has 0 spiro atoms. The average molecular weight is 272 g/mol. The Morgan fingerprint density at radius 2 is 1.56 bits per heavy atom. The van der Waals surface area contributed by atoms with Crippen LogP contribution in [0.25, 0.3) is 0 Å². The summed E-state index contributed by atoms with van der Waals surface area (Å²) >= 11 is 0. The lowest BCUT2D eigenvalue weighted by atomic mass is 9.93. The summed E-state index contributed by atoms with van der Waals surface area (Å²) in [5.41, 5.74) is -2.58. The summed E-state index contributed by atoms with van der Waals surface area (Å²) in [5.74, 6) is -0.409. The molecule has 0 aliphatic carbocycles. The lowest BCUT2D eigenvalue weighted by molar-refractivity contribution is -0.0225. The molecule has 102 valence electrons. The highest BCUT2D eigenvalue weighted by molar-refractivity contribution is 7.91. The van der Waals surface area contributed by atoms with Gasteiger partial charge in [-0.05, 0) is 32.9 Å². The quantitative estimate of drug-likeness (QED) is 0.849. The Labute approximate surface area is 108 Å². The molecule has 0 radical (unpaired) electrons. The van der Waals surface area contributed by atoms with Gasteiger partial charge in [-0.25, -0.2) is 8.42 Å². The van der Waals surface area contributed by atoms with Gasteiger partial charge in [0.25, 0.3) is 0 Å². The fourth-order valence-electron chi connectivity index (χ4n) is 2.10. The Bertz CT molecular complexity index is 483. The lowest BCUT2D eigenvalue weighted by Crippen LogP contribution is -2.40. The Balaban J connectivity index is 2.90. The van der Waals surface area contributed by atoms with Gasteiger partial charge in [-0.2, -0.15) is 0 Å². The van der Waals surface area contributed by atoms with E-state index in [1.54, 1.807) is 18.2 Å². The van der Waals surface area contributed by atoms with E-state index in [2.05, 4.69) is 0 Å². The monoisotopic (exact) mass is 272 g/mol. The fourth-order valence-corrected chi connectivity index (χ4v) is 3.76. The number of sulfone groups is 1. The molecule has 0 fully saturated rings. The largest absolute Gasteiger partial charge is 0.390 e. The highest BCUT2D eigenvalue weighted by atomic mass is 32.2. The fraction of sp³-hybridized carbons (Fsp3) is 0.538.